The van der Waals surface area contributed by atoms with E-state index in [4.69, 9.17) is 29.7 Å². The molecule has 2 aromatic carbocycles. The number of allylic oxidation sites excluding steroid dienone is 1. The molecule has 4 heterocycles. The first-order valence-corrected chi connectivity index (χ1v) is 27.1. The summed E-state index contributed by atoms with van der Waals surface area (Å²) in [5.41, 5.74) is 9.50. The van der Waals surface area contributed by atoms with E-state index in [0.29, 0.717) is 84.4 Å². The van der Waals surface area contributed by atoms with Crippen molar-refractivity contribution in [1.29, 1.82) is 0 Å². The number of rotatable bonds is 5. The number of guanidine groups is 1. The zero-order chi connectivity index (χ0) is 47.6. The Morgan fingerprint density at radius 3 is 2.72 bits per heavy atom. The number of methoxy groups -OCH3 is 1. The van der Waals surface area contributed by atoms with E-state index in [1.54, 1.807) is 34.8 Å². The molecule has 13 nitrogen and oxygen atoms in total. The molecule has 0 amide bonds. The lowest BCUT2D eigenvalue weighted by Crippen LogP contribution is -2.63. The van der Waals surface area contributed by atoms with E-state index in [2.05, 4.69) is 66.4 Å². The van der Waals surface area contributed by atoms with Crippen LogP contribution in [0.2, 0.25) is 0 Å². The second kappa shape index (κ2) is 21.1. The summed E-state index contributed by atoms with van der Waals surface area (Å²) in [6.07, 6.45) is 10.5. The fourth-order valence-corrected chi connectivity index (χ4v) is 15.2. The van der Waals surface area contributed by atoms with Gasteiger partial charge in [-0.05, 0) is 92.2 Å². The molecule has 11 unspecified atom stereocenters. The Balaban J connectivity index is 1.22. The molecule has 0 saturated heterocycles. The van der Waals surface area contributed by atoms with E-state index < -0.39 is 42.1 Å². The monoisotopic (exact) mass is 968 g/mol. The quantitative estimate of drug-likeness (QED) is 0.0823. The number of nitrogens with one attached hydrogen (secondary N) is 2. The third-order valence-electron chi connectivity index (χ3n) is 16.0. The number of phenolic OH excluding ortho intramolecular Hbond substituents is 1. The van der Waals surface area contributed by atoms with Gasteiger partial charge in [-0.2, -0.15) is 0 Å². The van der Waals surface area contributed by atoms with E-state index in [0.717, 1.165) is 61.0 Å². The summed E-state index contributed by atoms with van der Waals surface area (Å²) in [4.78, 5) is 18.4. The predicted molar refractivity (Wildman–Crippen MR) is 265 cm³/mol. The molecule has 4 aliphatic carbocycles. The van der Waals surface area contributed by atoms with Crippen molar-refractivity contribution in [3.8, 4) is 46.7 Å². The number of hydrogen-bond acceptors (Lipinski definition) is 15. The number of nitrogens with zero attached hydrogens (tertiary/aromatic N) is 1. The number of aryl methyl sites for hydroxylation is 2. The maximum Gasteiger partial charge on any atom is 0.201 e. The highest BCUT2D eigenvalue weighted by atomic mass is 33.1. The van der Waals surface area contributed by atoms with Crippen molar-refractivity contribution in [2.24, 2.45) is 51.6 Å². The minimum absolute atomic E-state index is 0.0190. The fraction of sp³-hybridized carbons (Fsp3) is 0.623. The van der Waals surface area contributed by atoms with E-state index in [-0.39, 0.29) is 61.2 Å². The first-order valence-electron chi connectivity index (χ1n) is 24.6. The smallest absolute Gasteiger partial charge is 0.201 e. The molecule has 4 aliphatic heterocycles. The molecule has 68 heavy (non-hydrogen) atoms. The molecular formula is C53H68N4O9S2. The number of ether oxygens (including phenoxy) is 4. The van der Waals surface area contributed by atoms with Crippen LogP contribution in [0, 0.1) is 64.6 Å². The summed E-state index contributed by atoms with van der Waals surface area (Å²) < 4.78 is 25.2. The van der Waals surface area contributed by atoms with Crippen molar-refractivity contribution in [2.45, 2.75) is 127 Å². The van der Waals surface area contributed by atoms with Gasteiger partial charge in [-0.15, -0.1) is 0 Å². The molecule has 15 heteroatoms. The average molecular weight is 969 g/mol. The van der Waals surface area contributed by atoms with Gasteiger partial charge < -0.3 is 50.4 Å². The normalized spacial score (nSPS) is 33.7. The van der Waals surface area contributed by atoms with Gasteiger partial charge >= 0.3 is 0 Å². The molecular weight excluding hydrogens is 901 g/mol. The summed E-state index contributed by atoms with van der Waals surface area (Å²) in [6.45, 7) is 4.48. The van der Waals surface area contributed by atoms with Crippen LogP contribution in [0.5, 0.6) is 23.0 Å². The van der Waals surface area contributed by atoms with E-state index in [1.807, 2.05) is 0 Å². The van der Waals surface area contributed by atoms with Gasteiger partial charge in [0.25, 0.3) is 0 Å². The highest BCUT2D eigenvalue weighted by molar-refractivity contribution is 8.76. The Kier molecular flexibility index (Phi) is 15.2. The Morgan fingerprint density at radius 2 is 1.90 bits per heavy atom. The van der Waals surface area contributed by atoms with Crippen LogP contribution in [0.15, 0.2) is 35.3 Å². The summed E-state index contributed by atoms with van der Waals surface area (Å²) >= 11 is 0. The van der Waals surface area contributed by atoms with Crippen molar-refractivity contribution >= 4 is 33.3 Å². The van der Waals surface area contributed by atoms with Crippen molar-refractivity contribution in [2.75, 3.05) is 38.7 Å². The number of ketones is 1. The number of fused-ring (bicyclic) bond motifs is 7. The lowest BCUT2D eigenvalue weighted by atomic mass is 9.57. The summed E-state index contributed by atoms with van der Waals surface area (Å²) in [5, 5.41) is 52.1. The first-order chi connectivity index (χ1) is 32.9. The van der Waals surface area contributed by atoms with E-state index in [9.17, 15) is 25.2 Å². The highest BCUT2D eigenvalue weighted by Crippen LogP contribution is 2.59. The maximum atomic E-state index is 13.3. The fourth-order valence-electron chi connectivity index (χ4n) is 12.3. The summed E-state index contributed by atoms with van der Waals surface area (Å²) in [7, 11) is 5.35. The minimum Gasteiger partial charge on any atom is -0.504 e. The molecule has 2 saturated carbocycles. The number of carbonyl (C=O) groups excluding carboxylic acids is 1. The Hall–Kier alpha value is -4.06. The molecule has 8 bridgehead atoms. The van der Waals surface area contributed by atoms with Gasteiger partial charge in [-0.25, -0.2) is 4.99 Å². The largest absolute Gasteiger partial charge is 0.504 e. The van der Waals surface area contributed by atoms with Gasteiger partial charge in [0.1, 0.15) is 12.5 Å². The van der Waals surface area contributed by atoms with Crippen LogP contribution in [-0.2, 0) is 35.2 Å². The molecule has 2 spiro atoms. The Bertz CT molecular complexity index is 2390. The number of hydrogen-bond donors (Lipinski definition) is 7. The van der Waals surface area contributed by atoms with Crippen molar-refractivity contribution in [3.05, 3.63) is 58.2 Å². The number of carbonyl (C=O) groups is 1. The molecule has 8 N–H and O–H groups in total. The van der Waals surface area contributed by atoms with Crippen LogP contribution < -0.4 is 30.6 Å². The summed E-state index contributed by atoms with van der Waals surface area (Å²) in [6, 6.07) is 4.82. The van der Waals surface area contributed by atoms with Crippen LogP contribution in [0.1, 0.15) is 99.5 Å². The molecule has 0 radical (unpaired) electrons. The van der Waals surface area contributed by atoms with Crippen LogP contribution in [0.3, 0.4) is 0 Å². The maximum absolute atomic E-state index is 13.3. The number of Topliss-reactive ketones (excluding diaryl/α,β-unsaturated/α-hetero) is 1. The first kappa shape index (κ1) is 48.9. The second-order valence-corrected chi connectivity index (χ2v) is 22.9. The molecule has 2 fully saturated rings. The number of phenols is 1. The summed E-state index contributed by atoms with van der Waals surface area (Å²) in [5.74, 6) is 17.5. The van der Waals surface area contributed by atoms with Crippen LogP contribution in [0.25, 0.3) is 0 Å². The van der Waals surface area contributed by atoms with Gasteiger partial charge in [0.15, 0.2) is 35.8 Å². The van der Waals surface area contributed by atoms with Gasteiger partial charge in [-0.3, -0.25) is 10.1 Å². The van der Waals surface area contributed by atoms with E-state index in [1.165, 1.54) is 6.07 Å². The lowest BCUT2D eigenvalue weighted by Gasteiger charge is -2.53. The molecule has 10 rings (SSSR count). The van der Waals surface area contributed by atoms with Crippen LogP contribution in [-0.4, -0.2) is 101 Å². The van der Waals surface area contributed by atoms with Gasteiger partial charge in [0.05, 0.1) is 29.2 Å². The SMILES string of the molecule is COCC1CC2CCCCC23NCOc2c4cc(c5c2OC(O)C(C5)C2CSSCC(C(C)C)N=C(N)NC2C#CC32C=CC1C2)CCC(O)CC(=O)CCc1ccc(O)c(OCO)c1C#CC4. The van der Waals surface area contributed by atoms with Gasteiger partial charge in [0.2, 0.25) is 6.29 Å². The minimum atomic E-state index is -1.23. The Labute approximate surface area is 408 Å². The zero-order valence-electron chi connectivity index (χ0n) is 39.6. The second-order valence-electron chi connectivity index (χ2n) is 20.3. The van der Waals surface area contributed by atoms with Gasteiger partial charge in [0, 0.05) is 73.0 Å². The predicted octanol–water partition coefficient (Wildman–Crippen LogP) is 5.79. The van der Waals surface area contributed by atoms with Crippen molar-refractivity contribution < 1.29 is 44.2 Å². The average Bonchev–Trinajstić information content (AvgIpc) is 3.72. The number of nitrogens with two attached hydrogens (primary N) is 1. The number of aliphatic hydroxyl groups is 3. The standard InChI is InChI=1S/C53H68N4O9S2/c1-31(2)45-28-68-67-27-43-42-24-41-33-11-14-39(60)23-38(59)13-10-32-12-15-46(61)48(65-30-58)40(32)9-6-7-34(21-33)47(49(41)66-50(42)62)64-29-55-53-18-5-4-8-37(53)22-36(26-63-3)35-16-19-52(53,25-35)20-17-44(43)56-51(54)57-45/h12,15-16,19,21,31,35-37,39,42-45,50,55,58,60-62H,4-5,7-8,10-11,13-14,18,22-30H2,1-3H3,(H3,54,56,57). The zero-order valence-corrected chi connectivity index (χ0v) is 41.2. The highest BCUT2D eigenvalue weighted by Gasteiger charge is 2.60. The number of aliphatic hydroxyl groups excluding tert-OH is 3. The Morgan fingerprint density at radius 1 is 1.04 bits per heavy atom. The van der Waals surface area contributed by atoms with Crippen molar-refractivity contribution in [3.63, 3.8) is 0 Å². The molecule has 2 aromatic rings. The lowest BCUT2D eigenvalue weighted by molar-refractivity contribution is -0.121. The van der Waals surface area contributed by atoms with E-state index >= 15 is 0 Å². The molecule has 11 atom stereocenters. The van der Waals surface area contributed by atoms with Crippen LogP contribution >= 0.6 is 21.6 Å². The molecule has 0 aromatic heterocycles. The number of aliphatic imine (C=N–C) groups is 1. The molecule has 8 aliphatic rings. The number of aromatic hydroxyl groups is 1. The van der Waals surface area contributed by atoms with Crippen molar-refractivity contribution in [1.82, 2.24) is 10.6 Å². The van der Waals surface area contributed by atoms with Gasteiger partial charge in [-0.1, -0.05) is 96.2 Å². The third kappa shape index (κ3) is 9.83. The molecule has 366 valence electrons. The topological polar surface area (TPSA) is 197 Å². The third-order valence-corrected chi connectivity index (χ3v) is 18.5. The van der Waals surface area contributed by atoms with Crippen LogP contribution in [0.4, 0.5) is 0 Å². The number of benzene rings is 2.